The summed E-state index contributed by atoms with van der Waals surface area (Å²) in [5.41, 5.74) is -0.558. The first-order valence-corrected chi connectivity index (χ1v) is 9.71. The molecule has 0 aromatic heterocycles. The Labute approximate surface area is 156 Å². The molecule has 0 fully saturated rings. The molecular formula is C16H18BrF4NS2. The number of alkyl halides is 3. The average molecular weight is 444 g/mol. The van der Waals surface area contributed by atoms with Crippen LogP contribution in [0.15, 0.2) is 56.7 Å². The second-order valence-corrected chi connectivity index (χ2v) is 6.30. The standard InChI is InChI=1S/C8H7F3S.C6H5BrFNS.C2H6/c1-12-7-5-3-2-4-6(7)8(9,10)11;7-5-2-1-4(10-9)3-6(5)8;1-2/h2-5H,1H3;1-3H,9H2;1-2H3. The molecule has 0 saturated heterocycles. The molecule has 0 bridgehead atoms. The molecule has 2 aromatic carbocycles. The fraction of sp³-hybridized carbons (Fsp3) is 0.250. The van der Waals surface area contributed by atoms with Crippen molar-refractivity contribution in [2.45, 2.75) is 29.8 Å². The van der Waals surface area contributed by atoms with E-state index in [0.29, 0.717) is 4.47 Å². The lowest BCUT2D eigenvalue weighted by Crippen LogP contribution is -2.05. The normalized spacial score (nSPS) is 10.2. The molecule has 0 radical (unpaired) electrons. The Morgan fingerprint density at radius 2 is 1.62 bits per heavy atom. The van der Waals surface area contributed by atoms with Crippen LogP contribution in [0.4, 0.5) is 17.6 Å². The minimum absolute atomic E-state index is 0.269. The maximum atomic E-state index is 12.7. The third-order valence-corrected chi connectivity index (χ3v) is 4.40. The van der Waals surface area contributed by atoms with Gasteiger partial charge in [0.1, 0.15) is 5.82 Å². The fourth-order valence-corrected chi connectivity index (χ4v) is 2.61. The summed E-state index contributed by atoms with van der Waals surface area (Å²) in [7, 11) is 0. The van der Waals surface area contributed by atoms with Gasteiger partial charge in [0.15, 0.2) is 0 Å². The third-order valence-electron chi connectivity index (χ3n) is 2.44. The summed E-state index contributed by atoms with van der Waals surface area (Å²) in [5, 5.41) is 5.20. The zero-order chi connectivity index (χ0) is 18.8. The van der Waals surface area contributed by atoms with Crippen LogP contribution < -0.4 is 5.14 Å². The quantitative estimate of drug-likeness (QED) is 0.307. The molecule has 0 heterocycles. The third kappa shape index (κ3) is 7.92. The highest BCUT2D eigenvalue weighted by Gasteiger charge is 2.32. The number of nitrogens with two attached hydrogens (primary N) is 1. The molecule has 0 atom stereocenters. The van der Waals surface area contributed by atoms with Crippen molar-refractivity contribution in [1.29, 1.82) is 0 Å². The lowest BCUT2D eigenvalue weighted by Gasteiger charge is -2.09. The Kier molecular flexibility index (Phi) is 11.4. The molecule has 24 heavy (non-hydrogen) atoms. The van der Waals surface area contributed by atoms with Gasteiger partial charge in [-0.15, -0.1) is 11.8 Å². The summed E-state index contributed by atoms with van der Waals surface area (Å²) in [6, 6.07) is 10.3. The highest BCUT2D eigenvalue weighted by atomic mass is 79.9. The Hall–Kier alpha value is -0.700. The van der Waals surface area contributed by atoms with E-state index in [1.54, 1.807) is 24.5 Å². The molecule has 0 spiro atoms. The first-order chi connectivity index (χ1) is 11.3. The van der Waals surface area contributed by atoms with Crippen LogP contribution in [0.1, 0.15) is 19.4 Å². The maximum Gasteiger partial charge on any atom is 0.417 e. The van der Waals surface area contributed by atoms with Gasteiger partial charge in [0.2, 0.25) is 0 Å². The van der Waals surface area contributed by atoms with Gasteiger partial charge in [-0.3, -0.25) is 5.14 Å². The molecule has 0 aliphatic carbocycles. The van der Waals surface area contributed by atoms with Crippen LogP contribution in [-0.4, -0.2) is 6.26 Å². The van der Waals surface area contributed by atoms with Gasteiger partial charge in [-0.25, -0.2) is 4.39 Å². The van der Waals surface area contributed by atoms with Crippen molar-refractivity contribution in [2.75, 3.05) is 6.26 Å². The maximum absolute atomic E-state index is 12.7. The summed E-state index contributed by atoms with van der Waals surface area (Å²) in [5.74, 6) is -0.282. The van der Waals surface area contributed by atoms with Crippen LogP contribution in [0.3, 0.4) is 0 Å². The smallest absolute Gasteiger partial charge is 0.274 e. The monoisotopic (exact) mass is 443 g/mol. The van der Waals surface area contributed by atoms with Crippen molar-refractivity contribution in [1.82, 2.24) is 0 Å². The molecule has 0 aliphatic rings. The van der Waals surface area contributed by atoms with Gasteiger partial charge in [0.05, 0.1) is 10.0 Å². The number of benzene rings is 2. The molecule has 8 heteroatoms. The average Bonchev–Trinajstić information content (AvgIpc) is 2.59. The van der Waals surface area contributed by atoms with E-state index in [0.717, 1.165) is 34.7 Å². The van der Waals surface area contributed by atoms with Gasteiger partial charge < -0.3 is 0 Å². The van der Waals surface area contributed by atoms with E-state index in [1.807, 2.05) is 13.8 Å². The van der Waals surface area contributed by atoms with Crippen molar-refractivity contribution < 1.29 is 17.6 Å². The van der Waals surface area contributed by atoms with Gasteiger partial charge in [0.25, 0.3) is 0 Å². The molecule has 0 unspecified atom stereocenters. The van der Waals surface area contributed by atoms with E-state index in [-0.39, 0.29) is 10.7 Å². The molecule has 2 rings (SSSR count). The Morgan fingerprint density at radius 1 is 1.04 bits per heavy atom. The number of hydrogen-bond acceptors (Lipinski definition) is 3. The zero-order valence-electron chi connectivity index (χ0n) is 13.3. The first kappa shape index (κ1) is 23.3. The summed E-state index contributed by atoms with van der Waals surface area (Å²) < 4.78 is 49.8. The van der Waals surface area contributed by atoms with E-state index in [9.17, 15) is 17.6 Å². The predicted octanol–water partition coefficient (Wildman–Crippen LogP) is 7.01. The Bertz CT molecular complexity index is 621. The van der Waals surface area contributed by atoms with Crippen LogP contribution in [0, 0.1) is 5.82 Å². The van der Waals surface area contributed by atoms with Crippen LogP contribution in [0.2, 0.25) is 0 Å². The Morgan fingerprint density at radius 3 is 2.04 bits per heavy atom. The second-order valence-electron chi connectivity index (χ2n) is 3.89. The topological polar surface area (TPSA) is 26.0 Å². The van der Waals surface area contributed by atoms with Crippen molar-refractivity contribution in [3.05, 3.63) is 58.3 Å². The first-order valence-electron chi connectivity index (χ1n) is 6.81. The molecule has 2 aromatic rings. The zero-order valence-corrected chi connectivity index (χ0v) is 16.5. The highest BCUT2D eigenvalue weighted by molar-refractivity contribution is 9.10. The van der Waals surface area contributed by atoms with Crippen molar-refractivity contribution in [3.63, 3.8) is 0 Å². The molecule has 0 amide bonds. The van der Waals surface area contributed by atoms with Gasteiger partial charge >= 0.3 is 6.18 Å². The molecule has 1 nitrogen and oxygen atoms in total. The molecule has 0 aliphatic heterocycles. The van der Waals surface area contributed by atoms with E-state index in [4.69, 9.17) is 5.14 Å². The van der Waals surface area contributed by atoms with E-state index >= 15 is 0 Å². The molecule has 134 valence electrons. The van der Waals surface area contributed by atoms with Crippen LogP contribution in [-0.2, 0) is 6.18 Å². The summed E-state index contributed by atoms with van der Waals surface area (Å²) in [6.45, 7) is 4.00. The van der Waals surface area contributed by atoms with E-state index in [1.165, 1.54) is 18.2 Å². The fourth-order valence-electron chi connectivity index (χ4n) is 1.43. The second kappa shape index (κ2) is 11.8. The highest BCUT2D eigenvalue weighted by Crippen LogP contribution is 2.35. The molecular weight excluding hydrogens is 426 g/mol. The number of rotatable bonds is 2. The van der Waals surface area contributed by atoms with Gasteiger partial charge in [0, 0.05) is 9.79 Å². The predicted molar refractivity (Wildman–Crippen MR) is 98.7 cm³/mol. The van der Waals surface area contributed by atoms with Crippen molar-refractivity contribution >= 4 is 39.6 Å². The number of halogens is 5. The lowest BCUT2D eigenvalue weighted by molar-refractivity contribution is -0.139. The minimum Gasteiger partial charge on any atom is -0.274 e. The van der Waals surface area contributed by atoms with E-state index < -0.39 is 11.7 Å². The minimum atomic E-state index is -4.24. The molecule has 0 saturated carbocycles. The van der Waals surface area contributed by atoms with Crippen LogP contribution >= 0.6 is 39.6 Å². The van der Waals surface area contributed by atoms with Crippen LogP contribution in [0.5, 0.6) is 0 Å². The largest absolute Gasteiger partial charge is 0.417 e. The van der Waals surface area contributed by atoms with Gasteiger partial charge in [-0.2, -0.15) is 13.2 Å². The summed E-state index contributed by atoms with van der Waals surface area (Å²) in [6.07, 6.45) is -2.61. The molecule has 2 N–H and O–H groups in total. The summed E-state index contributed by atoms with van der Waals surface area (Å²) in [4.78, 5) is 0.991. The summed E-state index contributed by atoms with van der Waals surface area (Å²) >= 11 is 5.17. The number of thioether (sulfide) groups is 1. The van der Waals surface area contributed by atoms with Crippen LogP contribution in [0.25, 0.3) is 0 Å². The SMILES string of the molecule is CC.CSc1ccccc1C(F)(F)F.NSc1ccc(Br)c(F)c1. The lowest BCUT2D eigenvalue weighted by atomic mass is 10.2. The van der Waals surface area contributed by atoms with Gasteiger partial charge in [-0.05, 0) is 64.5 Å². The Balaban J connectivity index is 0.000000405. The van der Waals surface area contributed by atoms with Crippen molar-refractivity contribution in [2.24, 2.45) is 5.14 Å². The van der Waals surface area contributed by atoms with Gasteiger partial charge in [-0.1, -0.05) is 26.0 Å². The number of hydrogen-bond donors (Lipinski definition) is 1. The van der Waals surface area contributed by atoms with Crippen molar-refractivity contribution in [3.8, 4) is 0 Å². The van der Waals surface area contributed by atoms with E-state index in [2.05, 4.69) is 15.9 Å².